The maximum atomic E-state index is 6.18. The van der Waals surface area contributed by atoms with Gasteiger partial charge in [-0.3, -0.25) is 0 Å². The molecule has 2 aromatic rings. The molecule has 0 aromatic heterocycles. The molecule has 1 nitrogen and oxygen atoms in total. The van der Waals surface area contributed by atoms with E-state index in [1.54, 1.807) is 0 Å². The number of benzene rings is 2. The van der Waals surface area contributed by atoms with E-state index in [1.165, 1.54) is 27.8 Å². The molecule has 0 spiro atoms. The van der Waals surface area contributed by atoms with E-state index in [4.69, 9.17) is 4.74 Å². The van der Waals surface area contributed by atoms with Crippen molar-refractivity contribution in [2.75, 3.05) is 0 Å². The zero-order valence-corrected chi connectivity index (χ0v) is 19.5. The Morgan fingerprint density at radius 1 is 0.793 bits per heavy atom. The van der Waals surface area contributed by atoms with Gasteiger partial charge in [-0.05, 0) is 77.8 Å². The van der Waals surface area contributed by atoms with E-state index in [1.807, 2.05) is 6.26 Å². The molecule has 0 aliphatic carbocycles. The average molecular weight is 393 g/mol. The van der Waals surface area contributed by atoms with Gasteiger partial charge in [0.15, 0.2) is 0 Å². The van der Waals surface area contributed by atoms with Gasteiger partial charge in [0.05, 0.1) is 6.26 Å². The number of hydrogen-bond acceptors (Lipinski definition) is 1. The van der Waals surface area contributed by atoms with Gasteiger partial charge in [0.25, 0.3) is 0 Å². The summed E-state index contributed by atoms with van der Waals surface area (Å²) in [6.07, 6.45) is 7.47. The van der Waals surface area contributed by atoms with Crippen LogP contribution in [0, 0.1) is 0 Å². The maximum Gasteiger partial charge on any atom is 0.121 e. The van der Waals surface area contributed by atoms with E-state index >= 15 is 0 Å². The fourth-order valence-corrected chi connectivity index (χ4v) is 3.86. The largest absolute Gasteiger partial charge is 0.494 e. The highest BCUT2D eigenvalue weighted by atomic mass is 16.5. The molecule has 0 amide bonds. The maximum absolute atomic E-state index is 6.18. The third-order valence-electron chi connectivity index (χ3n) is 5.64. The van der Waals surface area contributed by atoms with Crippen LogP contribution in [0.3, 0.4) is 0 Å². The van der Waals surface area contributed by atoms with Crippen molar-refractivity contribution in [1.82, 2.24) is 0 Å². The first-order chi connectivity index (χ1) is 13.8. The number of allylic oxidation sites excluding steroid dienone is 1. The van der Waals surface area contributed by atoms with Gasteiger partial charge < -0.3 is 4.74 Å². The summed E-state index contributed by atoms with van der Waals surface area (Å²) in [5.41, 5.74) is 7.09. The summed E-state index contributed by atoms with van der Waals surface area (Å²) in [6, 6.07) is 15.5. The molecule has 158 valence electrons. The number of hydrogen-bond donors (Lipinski definition) is 0. The molecule has 0 aliphatic heterocycles. The Bertz CT molecular complexity index is 739. The molecule has 1 atom stereocenters. The molecule has 0 bridgehead atoms. The number of unbranched alkanes of at least 4 members (excludes halogenated alkanes) is 1. The van der Waals surface area contributed by atoms with Gasteiger partial charge in [0.1, 0.15) is 6.10 Å². The van der Waals surface area contributed by atoms with Crippen molar-refractivity contribution in [3.05, 3.63) is 82.6 Å². The molecular formula is C28H40O. The van der Waals surface area contributed by atoms with Crippen LogP contribution < -0.4 is 0 Å². The lowest BCUT2D eigenvalue weighted by Crippen LogP contribution is -2.10. The Labute approximate surface area is 179 Å². The highest BCUT2D eigenvalue weighted by Gasteiger charge is 2.21. The normalized spacial score (nSPS) is 13.0. The molecule has 2 rings (SSSR count). The third kappa shape index (κ3) is 6.77. The van der Waals surface area contributed by atoms with Crippen LogP contribution in [0.25, 0.3) is 0 Å². The second-order valence-electron chi connectivity index (χ2n) is 9.11. The minimum absolute atomic E-state index is 0.0661. The summed E-state index contributed by atoms with van der Waals surface area (Å²) in [6.45, 7) is 15.9. The van der Waals surface area contributed by atoms with E-state index < -0.39 is 0 Å². The van der Waals surface area contributed by atoms with Gasteiger partial charge in [-0.2, -0.15) is 0 Å². The van der Waals surface area contributed by atoms with Crippen molar-refractivity contribution >= 4 is 0 Å². The van der Waals surface area contributed by atoms with E-state index in [0.717, 1.165) is 19.3 Å². The summed E-state index contributed by atoms with van der Waals surface area (Å²) in [5, 5.41) is 0. The first-order valence-corrected chi connectivity index (χ1v) is 11.3. The van der Waals surface area contributed by atoms with Crippen LogP contribution in [0.2, 0.25) is 0 Å². The SMILES string of the molecule is CC(C)c1cc(C(C)C)c(C(C)O/C=C\CCCc2ccccc2)c(C(C)C)c1. The molecule has 0 saturated heterocycles. The van der Waals surface area contributed by atoms with Crippen molar-refractivity contribution in [2.24, 2.45) is 0 Å². The lowest BCUT2D eigenvalue weighted by Gasteiger charge is -2.26. The molecule has 1 heteroatoms. The Kier molecular flexibility index (Phi) is 9.01. The molecule has 0 saturated carbocycles. The molecular weight excluding hydrogens is 352 g/mol. The summed E-state index contributed by atoms with van der Waals surface area (Å²) in [5.74, 6) is 1.52. The fraction of sp³-hybridized carbons (Fsp3) is 0.500. The minimum Gasteiger partial charge on any atom is -0.494 e. The highest BCUT2D eigenvalue weighted by molar-refractivity contribution is 5.45. The smallest absolute Gasteiger partial charge is 0.121 e. The van der Waals surface area contributed by atoms with Gasteiger partial charge in [0, 0.05) is 0 Å². The topological polar surface area (TPSA) is 9.23 Å². The van der Waals surface area contributed by atoms with Crippen LogP contribution in [-0.2, 0) is 11.2 Å². The van der Waals surface area contributed by atoms with Crippen molar-refractivity contribution in [2.45, 2.75) is 91.6 Å². The van der Waals surface area contributed by atoms with Crippen LogP contribution in [0.4, 0.5) is 0 Å². The highest BCUT2D eigenvalue weighted by Crippen LogP contribution is 2.37. The number of rotatable bonds is 10. The Balaban J connectivity index is 2.07. The second-order valence-corrected chi connectivity index (χ2v) is 9.11. The van der Waals surface area contributed by atoms with Crippen LogP contribution in [0.15, 0.2) is 54.8 Å². The van der Waals surface area contributed by atoms with E-state index in [2.05, 4.69) is 97.0 Å². The molecule has 1 unspecified atom stereocenters. The fourth-order valence-electron chi connectivity index (χ4n) is 3.86. The lowest BCUT2D eigenvalue weighted by molar-refractivity contribution is 0.161. The van der Waals surface area contributed by atoms with E-state index in [0.29, 0.717) is 17.8 Å². The van der Waals surface area contributed by atoms with Crippen molar-refractivity contribution in [3.8, 4) is 0 Å². The van der Waals surface area contributed by atoms with Crippen LogP contribution in [-0.4, -0.2) is 0 Å². The van der Waals surface area contributed by atoms with Crippen molar-refractivity contribution in [3.63, 3.8) is 0 Å². The van der Waals surface area contributed by atoms with Gasteiger partial charge in [-0.25, -0.2) is 0 Å². The third-order valence-corrected chi connectivity index (χ3v) is 5.64. The number of ether oxygens (including phenoxy) is 1. The molecule has 0 N–H and O–H groups in total. The standard InChI is InChI=1S/C28H40O/c1-20(2)25-18-26(21(3)4)28(27(19-25)22(5)6)23(7)29-17-13-9-12-16-24-14-10-8-11-15-24/h8,10-11,13-15,17-23H,9,12,16H2,1-7H3/b17-13-. The molecule has 0 heterocycles. The average Bonchev–Trinajstić information content (AvgIpc) is 2.69. The molecule has 0 aliphatic rings. The molecule has 0 radical (unpaired) electrons. The summed E-state index contributed by atoms with van der Waals surface area (Å²) >= 11 is 0. The Morgan fingerprint density at radius 3 is 1.90 bits per heavy atom. The zero-order valence-electron chi connectivity index (χ0n) is 19.5. The first kappa shape index (κ1) is 23.3. The minimum atomic E-state index is 0.0661. The Hall–Kier alpha value is -2.02. The zero-order chi connectivity index (χ0) is 21.4. The summed E-state index contributed by atoms with van der Waals surface area (Å²) < 4.78 is 6.18. The summed E-state index contributed by atoms with van der Waals surface area (Å²) in [7, 11) is 0. The van der Waals surface area contributed by atoms with Gasteiger partial charge in [-0.1, -0.05) is 84.0 Å². The monoisotopic (exact) mass is 392 g/mol. The van der Waals surface area contributed by atoms with Crippen LogP contribution >= 0.6 is 0 Å². The summed E-state index contributed by atoms with van der Waals surface area (Å²) in [4.78, 5) is 0. The molecule has 29 heavy (non-hydrogen) atoms. The van der Waals surface area contributed by atoms with Gasteiger partial charge in [0.2, 0.25) is 0 Å². The molecule has 0 fully saturated rings. The van der Waals surface area contributed by atoms with Gasteiger partial charge >= 0.3 is 0 Å². The van der Waals surface area contributed by atoms with Crippen molar-refractivity contribution < 1.29 is 4.74 Å². The first-order valence-electron chi connectivity index (χ1n) is 11.3. The van der Waals surface area contributed by atoms with Crippen molar-refractivity contribution in [1.29, 1.82) is 0 Å². The van der Waals surface area contributed by atoms with Gasteiger partial charge in [-0.15, -0.1) is 0 Å². The number of aryl methyl sites for hydroxylation is 1. The molecule has 2 aromatic carbocycles. The second kappa shape index (κ2) is 11.2. The van der Waals surface area contributed by atoms with E-state index in [9.17, 15) is 0 Å². The van der Waals surface area contributed by atoms with Crippen LogP contribution in [0.5, 0.6) is 0 Å². The quantitative estimate of drug-likeness (QED) is 0.290. The van der Waals surface area contributed by atoms with Crippen LogP contribution in [0.1, 0.15) is 113 Å². The Morgan fingerprint density at radius 2 is 1.38 bits per heavy atom. The predicted octanol–water partition coefficient (Wildman–Crippen LogP) is 8.67. The van der Waals surface area contributed by atoms with E-state index in [-0.39, 0.29) is 6.10 Å². The lowest BCUT2D eigenvalue weighted by atomic mass is 9.82. The predicted molar refractivity (Wildman–Crippen MR) is 127 cm³/mol.